The molecule has 0 saturated heterocycles. The number of halogens is 1. The van der Waals surface area contributed by atoms with Crippen molar-refractivity contribution in [1.29, 1.82) is 0 Å². The molecule has 1 aliphatic heterocycles. The van der Waals surface area contributed by atoms with Gasteiger partial charge in [-0.1, -0.05) is 48.5 Å². The van der Waals surface area contributed by atoms with Crippen molar-refractivity contribution in [3.05, 3.63) is 77.1 Å². The maximum absolute atomic E-state index is 14.4. The molecule has 3 rings (SSSR count). The summed E-state index contributed by atoms with van der Waals surface area (Å²) in [5.41, 5.74) is 2.84. The number of carbonyl (C=O) groups excluding carboxylic acids is 1. The molecule has 1 aliphatic rings. The zero-order valence-corrected chi connectivity index (χ0v) is 14.4. The summed E-state index contributed by atoms with van der Waals surface area (Å²) in [6, 6.07) is 14.0. The molecular weight excluding hydrogens is 335 g/mol. The molecule has 0 unspecified atom stereocenters. The highest BCUT2D eigenvalue weighted by Gasteiger charge is 2.19. The zero-order chi connectivity index (χ0) is 18.4. The van der Waals surface area contributed by atoms with E-state index in [9.17, 15) is 14.3 Å². The Bertz CT molecular complexity index is 786. The van der Waals surface area contributed by atoms with Gasteiger partial charge in [-0.2, -0.15) is 0 Å². The zero-order valence-electron chi connectivity index (χ0n) is 14.4. The molecule has 1 atom stereocenters. The number of aliphatic hydroxyl groups is 1. The van der Waals surface area contributed by atoms with Crippen molar-refractivity contribution in [2.24, 2.45) is 0 Å². The monoisotopic (exact) mass is 356 g/mol. The third-order valence-electron chi connectivity index (χ3n) is 4.27. The number of hydrogen-bond acceptors (Lipinski definition) is 4. The fraction of sp³-hybridized carbons (Fsp3) is 0.286. The molecule has 0 radical (unpaired) electrons. The Morgan fingerprint density at radius 2 is 2.00 bits per heavy atom. The van der Waals surface area contributed by atoms with E-state index in [4.69, 9.17) is 9.47 Å². The highest BCUT2D eigenvalue weighted by atomic mass is 19.1. The molecule has 5 heteroatoms. The molecular formula is C21H21FO4. The van der Waals surface area contributed by atoms with E-state index in [2.05, 4.69) is 0 Å². The highest BCUT2D eigenvalue weighted by molar-refractivity contribution is 5.75. The quantitative estimate of drug-likeness (QED) is 0.807. The molecule has 0 bridgehead atoms. The maximum atomic E-state index is 14.4. The van der Waals surface area contributed by atoms with Gasteiger partial charge in [0.15, 0.2) is 6.10 Å². The molecule has 136 valence electrons. The highest BCUT2D eigenvalue weighted by Crippen LogP contribution is 2.25. The van der Waals surface area contributed by atoms with Crippen molar-refractivity contribution in [2.45, 2.75) is 25.6 Å². The SMILES string of the molecule is O=C(OCc1ccccc1)[C@@H](O)Cc1ccc(C2=CCOCC2)c(F)c1. The van der Waals surface area contributed by atoms with Gasteiger partial charge in [0, 0.05) is 12.0 Å². The van der Waals surface area contributed by atoms with Crippen molar-refractivity contribution >= 4 is 11.5 Å². The first-order valence-electron chi connectivity index (χ1n) is 8.57. The summed E-state index contributed by atoms with van der Waals surface area (Å²) >= 11 is 0. The lowest BCUT2D eigenvalue weighted by molar-refractivity contribution is -0.154. The first-order chi connectivity index (χ1) is 12.6. The molecule has 1 heterocycles. The lowest BCUT2D eigenvalue weighted by Crippen LogP contribution is -2.25. The van der Waals surface area contributed by atoms with Gasteiger partial charge in [0.1, 0.15) is 12.4 Å². The third kappa shape index (κ3) is 4.77. The van der Waals surface area contributed by atoms with Crippen molar-refractivity contribution < 1.29 is 23.8 Å². The smallest absolute Gasteiger partial charge is 0.335 e. The minimum absolute atomic E-state index is 0.00693. The lowest BCUT2D eigenvalue weighted by atomic mass is 9.98. The predicted molar refractivity (Wildman–Crippen MR) is 95.8 cm³/mol. The molecule has 0 saturated carbocycles. The Morgan fingerprint density at radius 1 is 1.19 bits per heavy atom. The number of ether oxygens (including phenoxy) is 2. The van der Waals surface area contributed by atoms with Crippen LogP contribution in [0.3, 0.4) is 0 Å². The molecule has 0 spiro atoms. The number of carbonyl (C=O) groups is 1. The Balaban J connectivity index is 1.58. The van der Waals surface area contributed by atoms with Crippen LogP contribution in [0.25, 0.3) is 5.57 Å². The normalized spacial score (nSPS) is 15.2. The summed E-state index contributed by atoms with van der Waals surface area (Å²) in [5.74, 6) is -1.08. The second kappa shape index (κ2) is 8.74. The van der Waals surface area contributed by atoms with Crippen LogP contribution in [0.5, 0.6) is 0 Å². The van der Waals surface area contributed by atoms with Crippen LogP contribution in [-0.4, -0.2) is 30.4 Å². The topological polar surface area (TPSA) is 55.8 Å². The Hall–Kier alpha value is -2.50. The van der Waals surface area contributed by atoms with Gasteiger partial charge in [0.2, 0.25) is 0 Å². The van der Waals surface area contributed by atoms with Crippen LogP contribution in [0.1, 0.15) is 23.1 Å². The second-order valence-electron chi connectivity index (χ2n) is 6.18. The summed E-state index contributed by atoms with van der Waals surface area (Å²) in [4.78, 5) is 11.9. The van der Waals surface area contributed by atoms with E-state index < -0.39 is 12.1 Å². The number of benzene rings is 2. The first-order valence-corrected chi connectivity index (χ1v) is 8.57. The molecule has 0 aromatic heterocycles. The number of hydrogen-bond donors (Lipinski definition) is 1. The summed E-state index contributed by atoms with van der Waals surface area (Å²) in [6.07, 6.45) is 1.22. The van der Waals surface area contributed by atoms with Gasteiger partial charge in [0.25, 0.3) is 0 Å². The van der Waals surface area contributed by atoms with Crippen LogP contribution >= 0.6 is 0 Å². The Labute approximate surface area is 151 Å². The van der Waals surface area contributed by atoms with Crippen LogP contribution in [0.15, 0.2) is 54.6 Å². The average Bonchev–Trinajstić information content (AvgIpc) is 2.67. The predicted octanol–water partition coefficient (Wildman–Crippen LogP) is 3.28. The van der Waals surface area contributed by atoms with Crippen LogP contribution in [0.4, 0.5) is 4.39 Å². The average molecular weight is 356 g/mol. The van der Waals surface area contributed by atoms with Crippen LogP contribution in [0, 0.1) is 5.82 Å². The van der Waals surface area contributed by atoms with E-state index in [0.717, 1.165) is 11.1 Å². The van der Waals surface area contributed by atoms with E-state index in [1.807, 2.05) is 36.4 Å². The van der Waals surface area contributed by atoms with Crippen LogP contribution < -0.4 is 0 Å². The van der Waals surface area contributed by atoms with Gasteiger partial charge in [-0.3, -0.25) is 0 Å². The van der Waals surface area contributed by atoms with Gasteiger partial charge in [-0.15, -0.1) is 0 Å². The molecule has 2 aromatic carbocycles. The lowest BCUT2D eigenvalue weighted by Gasteiger charge is -2.15. The maximum Gasteiger partial charge on any atom is 0.335 e. The van der Waals surface area contributed by atoms with E-state index in [-0.39, 0.29) is 18.8 Å². The largest absolute Gasteiger partial charge is 0.459 e. The van der Waals surface area contributed by atoms with Crippen molar-refractivity contribution in [2.75, 3.05) is 13.2 Å². The fourth-order valence-corrected chi connectivity index (χ4v) is 2.85. The minimum Gasteiger partial charge on any atom is -0.459 e. The van der Waals surface area contributed by atoms with Gasteiger partial charge in [-0.25, -0.2) is 9.18 Å². The molecule has 4 nitrogen and oxygen atoms in total. The third-order valence-corrected chi connectivity index (χ3v) is 4.27. The fourth-order valence-electron chi connectivity index (χ4n) is 2.85. The van der Waals surface area contributed by atoms with Crippen molar-refractivity contribution in [3.8, 4) is 0 Å². The Kier molecular flexibility index (Phi) is 6.15. The number of esters is 1. The van der Waals surface area contributed by atoms with Crippen LogP contribution in [0.2, 0.25) is 0 Å². The summed E-state index contributed by atoms with van der Waals surface area (Å²) < 4.78 is 24.7. The van der Waals surface area contributed by atoms with E-state index in [1.54, 1.807) is 12.1 Å². The summed E-state index contributed by atoms with van der Waals surface area (Å²) in [6.45, 7) is 1.17. The molecule has 0 aliphatic carbocycles. The summed E-state index contributed by atoms with van der Waals surface area (Å²) in [5, 5.41) is 10.0. The van der Waals surface area contributed by atoms with Gasteiger partial charge in [-0.05, 0) is 29.2 Å². The van der Waals surface area contributed by atoms with E-state index in [1.165, 1.54) is 6.07 Å². The van der Waals surface area contributed by atoms with Gasteiger partial charge >= 0.3 is 5.97 Å². The number of aliphatic hydroxyl groups excluding tert-OH is 1. The Morgan fingerprint density at radius 3 is 2.69 bits per heavy atom. The molecule has 26 heavy (non-hydrogen) atoms. The standard InChI is InChI=1S/C21H21FO4/c22-19-12-16(6-7-18(19)17-8-10-25-11-9-17)13-20(23)21(24)26-14-15-4-2-1-3-5-15/h1-8,12,20,23H,9-11,13-14H2/t20-/m0/s1. The first kappa shape index (κ1) is 18.3. The van der Waals surface area contributed by atoms with E-state index >= 15 is 0 Å². The molecule has 1 N–H and O–H groups in total. The minimum atomic E-state index is -1.33. The second-order valence-corrected chi connectivity index (χ2v) is 6.18. The van der Waals surface area contributed by atoms with Crippen LogP contribution in [-0.2, 0) is 27.3 Å². The van der Waals surface area contributed by atoms with Gasteiger partial charge in [0.05, 0.1) is 13.2 Å². The molecule has 0 amide bonds. The van der Waals surface area contributed by atoms with E-state index in [0.29, 0.717) is 30.8 Å². The molecule has 2 aromatic rings. The van der Waals surface area contributed by atoms with Crippen molar-refractivity contribution in [1.82, 2.24) is 0 Å². The number of rotatable bonds is 6. The summed E-state index contributed by atoms with van der Waals surface area (Å²) in [7, 11) is 0. The van der Waals surface area contributed by atoms with Crippen molar-refractivity contribution in [3.63, 3.8) is 0 Å². The van der Waals surface area contributed by atoms with Gasteiger partial charge < -0.3 is 14.6 Å². The molecule has 0 fully saturated rings.